The molecule has 4 aromatic rings. The van der Waals surface area contributed by atoms with Gasteiger partial charge in [0.05, 0.1) is 11.3 Å². The molecule has 1 heterocycles. The van der Waals surface area contributed by atoms with E-state index in [1.54, 1.807) is 36.5 Å². The molecule has 0 aliphatic heterocycles. The Bertz CT molecular complexity index is 1310. The van der Waals surface area contributed by atoms with Gasteiger partial charge in [0.25, 0.3) is 0 Å². The van der Waals surface area contributed by atoms with Crippen LogP contribution in [0.25, 0.3) is 10.8 Å². The van der Waals surface area contributed by atoms with Gasteiger partial charge >= 0.3 is 5.97 Å². The van der Waals surface area contributed by atoms with Crippen LogP contribution in [0, 0.1) is 0 Å². The fraction of sp³-hybridized carbons (Fsp3) is 0.0870. The Morgan fingerprint density at radius 1 is 0.969 bits per heavy atom. The minimum absolute atomic E-state index is 0.180. The normalized spacial score (nSPS) is 11.8. The van der Waals surface area contributed by atoms with E-state index in [0.717, 1.165) is 22.3 Å². The lowest BCUT2D eigenvalue weighted by Gasteiger charge is -2.10. The Morgan fingerprint density at radius 3 is 2.59 bits per heavy atom. The molecule has 0 bridgehead atoms. The molecule has 9 heteroatoms. The molecule has 0 aliphatic rings. The molecule has 1 atom stereocenters. The van der Waals surface area contributed by atoms with Crippen molar-refractivity contribution in [1.29, 1.82) is 0 Å². The highest BCUT2D eigenvalue weighted by Crippen LogP contribution is 2.25. The molecular formula is C23H20N4O4S. The number of nitrogens with zero attached hydrogens (tertiary/aromatic N) is 2. The Hall–Kier alpha value is -3.82. The molecule has 162 valence electrons. The van der Waals surface area contributed by atoms with E-state index in [1.807, 2.05) is 36.4 Å². The molecule has 0 radical (unpaired) electrons. The van der Waals surface area contributed by atoms with Crippen molar-refractivity contribution in [3.8, 4) is 0 Å². The molecule has 0 aliphatic carbocycles. The Morgan fingerprint density at radius 2 is 1.78 bits per heavy atom. The highest BCUT2D eigenvalue weighted by atomic mass is 32.2. The van der Waals surface area contributed by atoms with Gasteiger partial charge in [0, 0.05) is 17.6 Å². The predicted molar refractivity (Wildman–Crippen MR) is 125 cm³/mol. The number of carbonyl (C=O) groups is 1. The first-order valence-corrected chi connectivity index (χ1v) is 11.0. The van der Waals surface area contributed by atoms with Crippen LogP contribution in [0.5, 0.6) is 0 Å². The van der Waals surface area contributed by atoms with E-state index in [2.05, 4.69) is 20.6 Å². The minimum Gasteiger partial charge on any atom is -0.478 e. The van der Waals surface area contributed by atoms with Crippen molar-refractivity contribution in [3.63, 3.8) is 0 Å². The average molecular weight is 449 g/mol. The zero-order chi connectivity index (χ0) is 22.5. The molecule has 0 fully saturated rings. The van der Waals surface area contributed by atoms with Gasteiger partial charge in [0.2, 0.25) is 5.95 Å². The van der Waals surface area contributed by atoms with E-state index in [9.17, 15) is 14.1 Å². The number of carboxylic acids is 1. The number of benzene rings is 3. The lowest BCUT2D eigenvalue weighted by Crippen LogP contribution is -2.02. The average Bonchev–Trinajstić information content (AvgIpc) is 2.77. The van der Waals surface area contributed by atoms with Crippen molar-refractivity contribution in [1.82, 2.24) is 9.97 Å². The summed E-state index contributed by atoms with van der Waals surface area (Å²) >= 11 is -1.83. The van der Waals surface area contributed by atoms with Crippen LogP contribution in [0.3, 0.4) is 0 Å². The summed E-state index contributed by atoms with van der Waals surface area (Å²) in [6.45, 7) is 0. The predicted octanol–water partition coefficient (Wildman–Crippen LogP) is 4.58. The molecule has 1 aromatic heterocycles. The fourth-order valence-corrected chi connectivity index (χ4v) is 3.73. The summed E-state index contributed by atoms with van der Waals surface area (Å²) < 4.78 is 19.9. The van der Waals surface area contributed by atoms with E-state index in [0.29, 0.717) is 23.6 Å². The first-order valence-electron chi connectivity index (χ1n) is 9.77. The molecule has 1 unspecified atom stereocenters. The number of rotatable bonds is 8. The van der Waals surface area contributed by atoms with Crippen LogP contribution in [-0.4, -0.2) is 35.6 Å². The molecule has 8 nitrogen and oxygen atoms in total. The van der Waals surface area contributed by atoms with Crippen LogP contribution < -0.4 is 10.6 Å². The number of fused-ring (bicyclic) bond motifs is 1. The quantitative estimate of drug-likeness (QED) is 0.289. The van der Waals surface area contributed by atoms with Crippen LogP contribution in [0.2, 0.25) is 0 Å². The van der Waals surface area contributed by atoms with Gasteiger partial charge < -0.3 is 20.3 Å². The highest BCUT2D eigenvalue weighted by molar-refractivity contribution is 7.79. The third-order valence-electron chi connectivity index (χ3n) is 4.79. The van der Waals surface area contributed by atoms with E-state index in [4.69, 9.17) is 4.55 Å². The molecule has 0 saturated heterocycles. The van der Waals surface area contributed by atoms with E-state index in [-0.39, 0.29) is 11.3 Å². The van der Waals surface area contributed by atoms with Crippen molar-refractivity contribution >= 4 is 51.0 Å². The number of hydrogen-bond acceptors (Lipinski definition) is 6. The van der Waals surface area contributed by atoms with Gasteiger partial charge in [0.1, 0.15) is 5.82 Å². The standard InChI is InChI=1S/C23H20N4O4S/c28-22(29)20-6-2-4-16-14-18(7-8-19(16)20)25-21-9-11-24-23(27-21)26-17-5-1-3-15(13-17)10-12-32(30)31/h1-9,11,13-14H,10,12H2,(H,28,29)(H,30,31)(H2,24,25,26,27). The number of aryl methyl sites for hydroxylation is 1. The maximum absolute atomic E-state index is 11.4. The smallest absolute Gasteiger partial charge is 0.336 e. The fourth-order valence-electron chi connectivity index (χ4n) is 3.32. The van der Waals surface area contributed by atoms with Crippen molar-refractivity contribution in [2.75, 3.05) is 16.4 Å². The third kappa shape index (κ3) is 5.26. The number of hydrogen-bond donors (Lipinski definition) is 4. The summed E-state index contributed by atoms with van der Waals surface area (Å²) in [4.78, 5) is 20.1. The summed E-state index contributed by atoms with van der Waals surface area (Å²) in [7, 11) is 0. The van der Waals surface area contributed by atoms with Gasteiger partial charge in [-0.25, -0.2) is 14.0 Å². The molecular weight excluding hydrogens is 428 g/mol. The van der Waals surface area contributed by atoms with Crippen LogP contribution in [-0.2, 0) is 17.5 Å². The number of aromatic carboxylic acids is 1. The topological polar surface area (TPSA) is 124 Å². The Balaban J connectivity index is 1.51. The maximum atomic E-state index is 11.4. The third-order valence-corrected chi connectivity index (χ3v) is 5.34. The zero-order valence-corrected chi connectivity index (χ0v) is 17.7. The SMILES string of the molecule is O=C(O)c1cccc2cc(Nc3ccnc(Nc4cccc(CCS(=O)O)c4)n3)ccc12. The van der Waals surface area contributed by atoms with E-state index >= 15 is 0 Å². The van der Waals surface area contributed by atoms with Crippen LogP contribution in [0.15, 0.2) is 72.9 Å². The van der Waals surface area contributed by atoms with Gasteiger partial charge in [0.15, 0.2) is 11.1 Å². The van der Waals surface area contributed by atoms with Crippen LogP contribution in [0.4, 0.5) is 23.1 Å². The molecule has 0 amide bonds. The molecule has 0 spiro atoms. The zero-order valence-electron chi connectivity index (χ0n) is 16.9. The second-order valence-electron chi connectivity index (χ2n) is 7.04. The molecule has 0 saturated carbocycles. The van der Waals surface area contributed by atoms with Gasteiger partial charge in [-0.2, -0.15) is 4.98 Å². The minimum atomic E-state index is -1.83. The van der Waals surface area contributed by atoms with Crippen LogP contribution in [0.1, 0.15) is 15.9 Å². The van der Waals surface area contributed by atoms with Crippen LogP contribution >= 0.6 is 0 Å². The van der Waals surface area contributed by atoms with Gasteiger partial charge in [-0.1, -0.05) is 30.3 Å². The Kier molecular flexibility index (Phi) is 6.39. The molecule has 32 heavy (non-hydrogen) atoms. The summed E-state index contributed by atoms with van der Waals surface area (Å²) in [5.74, 6) is 0.186. The lowest BCUT2D eigenvalue weighted by molar-refractivity contribution is 0.0699. The van der Waals surface area contributed by atoms with Crippen molar-refractivity contribution < 1.29 is 18.7 Å². The van der Waals surface area contributed by atoms with E-state index < -0.39 is 17.0 Å². The van der Waals surface area contributed by atoms with Gasteiger partial charge in [-0.15, -0.1) is 0 Å². The molecule has 3 aromatic carbocycles. The summed E-state index contributed by atoms with van der Waals surface area (Å²) in [6, 6.07) is 19.8. The van der Waals surface area contributed by atoms with Gasteiger partial charge in [-0.05, 0) is 59.2 Å². The number of anilines is 4. The summed E-state index contributed by atoms with van der Waals surface area (Å²) in [5, 5.41) is 17.2. The first-order chi connectivity index (χ1) is 15.5. The largest absolute Gasteiger partial charge is 0.478 e. The molecule has 4 N–H and O–H groups in total. The maximum Gasteiger partial charge on any atom is 0.336 e. The van der Waals surface area contributed by atoms with Crippen molar-refractivity contribution in [2.24, 2.45) is 0 Å². The monoisotopic (exact) mass is 448 g/mol. The van der Waals surface area contributed by atoms with E-state index in [1.165, 1.54) is 0 Å². The second-order valence-corrected chi connectivity index (χ2v) is 8.09. The van der Waals surface area contributed by atoms with Crippen molar-refractivity contribution in [3.05, 3.63) is 84.1 Å². The summed E-state index contributed by atoms with van der Waals surface area (Å²) in [6.07, 6.45) is 2.12. The lowest BCUT2D eigenvalue weighted by atomic mass is 10.0. The number of nitrogens with one attached hydrogen (secondary N) is 2. The van der Waals surface area contributed by atoms with Crippen molar-refractivity contribution in [2.45, 2.75) is 6.42 Å². The van der Waals surface area contributed by atoms with Gasteiger partial charge in [-0.3, -0.25) is 0 Å². The highest BCUT2D eigenvalue weighted by Gasteiger charge is 2.09. The Labute approximate surface area is 186 Å². The second kappa shape index (κ2) is 9.54. The number of carboxylic acid groups (broad SMARTS) is 1. The molecule has 4 rings (SSSR count). The first kappa shape index (κ1) is 21.4. The summed E-state index contributed by atoms with van der Waals surface area (Å²) in [5.41, 5.74) is 2.73. The number of aromatic nitrogens is 2.